The van der Waals surface area contributed by atoms with Gasteiger partial charge in [-0.05, 0) is 57.8 Å². The minimum absolute atomic E-state index is 0.175. The van der Waals surface area contributed by atoms with Crippen molar-refractivity contribution < 1.29 is 42.9 Å². The fourth-order valence-corrected chi connectivity index (χ4v) is 13.8. The summed E-state index contributed by atoms with van der Waals surface area (Å²) in [6.45, 7) is 4.85. The molecule has 0 aromatic rings. The van der Waals surface area contributed by atoms with Crippen molar-refractivity contribution in [1.82, 2.24) is 0 Å². The molecule has 0 amide bonds. The molecule has 0 saturated heterocycles. The summed E-state index contributed by atoms with van der Waals surface area (Å²) in [5.74, 6) is -1.97. The van der Waals surface area contributed by atoms with E-state index in [2.05, 4.69) is 74.6 Å². The van der Waals surface area contributed by atoms with Gasteiger partial charge in [-0.1, -0.05) is 447 Å². The number of carbonyl (C=O) groups excluding carboxylic acids is 2. The molecule has 0 rings (SSSR count). The topological polar surface area (TPSA) is 108 Å². The van der Waals surface area contributed by atoms with Gasteiger partial charge in [-0.3, -0.25) is 9.59 Å². The first kappa shape index (κ1) is 99.0. The van der Waals surface area contributed by atoms with Gasteiger partial charge in [-0.2, -0.15) is 0 Å². The van der Waals surface area contributed by atoms with Gasteiger partial charge >= 0.3 is 17.9 Å². The third-order valence-electron chi connectivity index (χ3n) is 20.5. The van der Waals surface area contributed by atoms with Crippen molar-refractivity contribution in [2.24, 2.45) is 0 Å². The number of carbonyl (C=O) groups is 3. The molecular weight excluding hydrogens is 1260 g/mol. The van der Waals surface area contributed by atoms with Crippen molar-refractivity contribution >= 4 is 17.9 Å². The quantitative estimate of drug-likeness (QED) is 0.0211. The summed E-state index contributed by atoms with van der Waals surface area (Å²) in [7, 11) is 6.00. The van der Waals surface area contributed by atoms with Crippen LogP contribution >= 0.6 is 0 Å². The Hall–Kier alpha value is -3.01. The van der Waals surface area contributed by atoms with Gasteiger partial charge in [0.15, 0.2) is 6.10 Å². The van der Waals surface area contributed by atoms with Gasteiger partial charge in [0.05, 0.1) is 34.4 Å². The van der Waals surface area contributed by atoms with E-state index in [-0.39, 0.29) is 38.2 Å². The van der Waals surface area contributed by atoms with Crippen molar-refractivity contribution in [1.29, 1.82) is 0 Å². The first-order valence-electron chi connectivity index (χ1n) is 45.0. The van der Waals surface area contributed by atoms with E-state index in [9.17, 15) is 19.5 Å². The molecule has 0 aliphatic heterocycles. The van der Waals surface area contributed by atoms with Crippen LogP contribution in [0.15, 0.2) is 60.8 Å². The third kappa shape index (κ3) is 84.3. The lowest BCUT2D eigenvalue weighted by Crippen LogP contribution is -2.40. The SMILES string of the molecule is CC/C=C\C/C=C\C/C=C\C/C=C\C/C=C\CCCCCCCCCCCCCCCCCCCCCCCCCC(=O)OC(COC(=O)CCCCCCCCCCCCCCCCCCCCCCCCCCCCCCCCCCCCCCCC)COC(OCC[N+](C)(C)C)C(=O)O. The van der Waals surface area contributed by atoms with Crippen molar-refractivity contribution in [2.45, 2.75) is 469 Å². The van der Waals surface area contributed by atoms with Crippen molar-refractivity contribution in [2.75, 3.05) is 47.5 Å². The predicted molar refractivity (Wildman–Crippen MR) is 443 cm³/mol. The molecule has 1 N–H and O–H groups in total. The summed E-state index contributed by atoms with van der Waals surface area (Å²) in [6, 6.07) is 0. The molecule has 0 spiro atoms. The molecule has 0 saturated carbocycles. The lowest BCUT2D eigenvalue weighted by atomic mass is 10.0. The standard InChI is InChI=1S/C93H173NO8/c1-6-8-10-12-14-16-18-20-22-24-26-28-30-32-34-36-38-40-42-44-46-48-50-52-54-56-58-60-62-64-66-68-70-72-74-76-78-80-82-84-91(96)102-89(88-101-93(92(97)98)99-86-85-94(3,4)5)87-100-90(95)83-81-79-77-75-73-71-69-67-65-63-61-59-57-55-53-51-49-47-45-43-41-39-37-35-33-31-29-27-25-23-21-19-17-15-13-11-9-7-2/h8,10,14,16,20,22,26,28,32,34,89,93H,6-7,9,11-13,15,17-19,21,23-25,27,29-31,33,35-88H2,1-5H3/p+1/b10-8-,16-14-,22-20-,28-26-,34-32-. The normalized spacial score (nSPS) is 12.8. The van der Waals surface area contributed by atoms with Gasteiger partial charge in [-0.25, -0.2) is 4.79 Å². The largest absolute Gasteiger partial charge is 0.477 e. The van der Waals surface area contributed by atoms with E-state index in [4.69, 9.17) is 18.9 Å². The van der Waals surface area contributed by atoms with Crippen molar-refractivity contribution in [3.63, 3.8) is 0 Å². The number of likely N-dealkylation sites (N-methyl/N-ethyl adjacent to an activating group) is 1. The van der Waals surface area contributed by atoms with Crippen molar-refractivity contribution in [3.8, 4) is 0 Å². The number of hydrogen-bond donors (Lipinski definition) is 1. The molecule has 0 radical (unpaired) electrons. The lowest BCUT2D eigenvalue weighted by Gasteiger charge is -2.25. The highest BCUT2D eigenvalue weighted by atomic mass is 16.7. The number of quaternary nitrogens is 1. The number of unbranched alkanes of at least 4 members (excludes halogenated alkanes) is 60. The van der Waals surface area contributed by atoms with Gasteiger partial charge in [0.25, 0.3) is 6.29 Å². The number of nitrogens with zero attached hydrogens (tertiary/aromatic N) is 1. The van der Waals surface area contributed by atoms with Crippen LogP contribution in [0.5, 0.6) is 0 Å². The Morgan fingerprint density at radius 2 is 0.559 bits per heavy atom. The van der Waals surface area contributed by atoms with Crippen molar-refractivity contribution in [3.05, 3.63) is 60.8 Å². The van der Waals surface area contributed by atoms with E-state index in [0.29, 0.717) is 17.4 Å². The molecule has 0 bridgehead atoms. The molecule has 0 fully saturated rings. The van der Waals surface area contributed by atoms with E-state index < -0.39 is 18.4 Å². The Morgan fingerprint density at radius 3 is 0.833 bits per heavy atom. The van der Waals surface area contributed by atoms with E-state index in [1.54, 1.807) is 0 Å². The predicted octanol–water partition coefficient (Wildman–Crippen LogP) is 29.3. The molecule has 0 aliphatic rings. The zero-order valence-corrected chi connectivity index (χ0v) is 68.8. The second-order valence-electron chi connectivity index (χ2n) is 31.9. The Labute approximate surface area is 635 Å². The fourth-order valence-electron chi connectivity index (χ4n) is 13.8. The summed E-state index contributed by atoms with van der Waals surface area (Å²) in [6.07, 6.45) is 110. The Kier molecular flexibility index (Phi) is 81.2. The number of carboxylic acid groups (broad SMARTS) is 1. The zero-order valence-electron chi connectivity index (χ0n) is 68.8. The van der Waals surface area contributed by atoms with E-state index in [0.717, 1.165) is 70.6 Å². The van der Waals surface area contributed by atoms with Gasteiger partial charge in [0.1, 0.15) is 13.2 Å². The van der Waals surface area contributed by atoms with E-state index in [1.807, 2.05) is 21.1 Å². The van der Waals surface area contributed by atoms with Crippen LogP contribution in [0.3, 0.4) is 0 Å². The highest BCUT2D eigenvalue weighted by Crippen LogP contribution is 2.21. The maximum absolute atomic E-state index is 13.0. The number of esters is 2. The smallest absolute Gasteiger partial charge is 0.361 e. The number of rotatable bonds is 85. The van der Waals surface area contributed by atoms with Crippen LogP contribution in [-0.2, 0) is 33.3 Å². The number of hydrogen-bond acceptors (Lipinski definition) is 7. The van der Waals surface area contributed by atoms with Gasteiger partial charge in [-0.15, -0.1) is 0 Å². The third-order valence-corrected chi connectivity index (χ3v) is 20.5. The first-order chi connectivity index (χ1) is 50.1. The van der Waals surface area contributed by atoms with Crippen LogP contribution in [0.2, 0.25) is 0 Å². The van der Waals surface area contributed by atoms with Crippen LogP contribution in [-0.4, -0.2) is 87.4 Å². The second-order valence-corrected chi connectivity index (χ2v) is 31.9. The molecule has 2 atom stereocenters. The molecule has 598 valence electrons. The number of carboxylic acids is 1. The van der Waals surface area contributed by atoms with Crippen LogP contribution in [0, 0.1) is 0 Å². The molecule has 102 heavy (non-hydrogen) atoms. The lowest BCUT2D eigenvalue weighted by molar-refractivity contribution is -0.870. The second kappa shape index (κ2) is 83.6. The van der Waals surface area contributed by atoms with Crippen LogP contribution in [0.1, 0.15) is 457 Å². The van der Waals surface area contributed by atoms with E-state index in [1.165, 1.54) is 360 Å². The minimum Gasteiger partial charge on any atom is -0.477 e. The molecule has 0 heterocycles. The highest BCUT2D eigenvalue weighted by molar-refractivity contribution is 5.71. The summed E-state index contributed by atoms with van der Waals surface area (Å²) in [4.78, 5) is 37.8. The van der Waals surface area contributed by atoms with Gasteiger partial charge in [0.2, 0.25) is 0 Å². The van der Waals surface area contributed by atoms with Crippen LogP contribution < -0.4 is 0 Å². The van der Waals surface area contributed by atoms with Gasteiger partial charge in [0, 0.05) is 12.8 Å². The summed E-state index contributed by atoms with van der Waals surface area (Å²) < 4.78 is 23.1. The van der Waals surface area contributed by atoms with E-state index >= 15 is 0 Å². The molecule has 9 heteroatoms. The molecule has 0 aromatic heterocycles. The number of allylic oxidation sites excluding steroid dienone is 10. The Balaban J connectivity index is 3.90. The number of aliphatic carboxylic acids is 1. The van der Waals surface area contributed by atoms with Crippen LogP contribution in [0.25, 0.3) is 0 Å². The molecule has 0 aliphatic carbocycles. The Bertz CT molecular complexity index is 1870. The average molecular weight is 1430 g/mol. The molecular formula is C93H174NO8+. The molecule has 9 nitrogen and oxygen atoms in total. The maximum atomic E-state index is 13.0. The molecule has 2 unspecified atom stereocenters. The minimum atomic E-state index is -1.51. The summed E-state index contributed by atoms with van der Waals surface area (Å²) in [5.41, 5.74) is 0. The first-order valence-corrected chi connectivity index (χ1v) is 45.0. The van der Waals surface area contributed by atoms with Crippen LogP contribution in [0.4, 0.5) is 0 Å². The van der Waals surface area contributed by atoms with Gasteiger partial charge < -0.3 is 28.5 Å². The maximum Gasteiger partial charge on any atom is 0.361 e. The average Bonchev–Trinajstić information content (AvgIpc) is 0.997. The molecule has 0 aromatic carbocycles. The zero-order chi connectivity index (χ0) is 73.9. The number of ether oxygens (including phenoxy) is 4. The highest BCUT2D eigenvalue weighted by Gasteiger charge is 2.25. The fraction of sp³-hybridized carbons (Fsp3) is 0.860. The summed E-state index contributed by atoms with van der Waals surface area (Å²) >= 11 is 0. The monoisotopic (exact) mass is 1430 g/mol. The summed E-state index contributed by atoms with van der Waals surface area (Å²) in [5, 5.41) is 9.79. The Morgan fingerprint density at radius 1 is 0.304 bits per heavy atom.